The van der Waals surface area contributed by atoms with Gasteiger partial charge in [-0.2, -0.15) is 0 Å². The van der Waals surface area contributed by atoms with E-state index >= 15 is 0 Å². The maximum Gasteiger partial charge on any atom is 0.315 e. The number of nitrogens with zero attached hydrogens (tertiary/aromatic N) is 1. The number of nitrogens with two attached hydrogens (primary N) is 1. The topological polar surface area (TPSA) is 87.5 Å². The Bertz CT molecular complexity index is 607. The van der Waals surface area contributed by atoms with Gasteiger partial charge >= 0.3 is 6.03 Å². The van der Waals surface area contributed by atoms with Crippen LogP contribution < -0.4 is 21.3 Å². The molecule has 0 aliphatic carbocycles. The number of benzene rings is 1. The van der Waals surface area contributed by atoms with Crippen LogP contribution in [0.15, 0.2) is 24.3 Å². The summed E-state index contributed by atoms with van der Waals surface area (Å²) in [5, 5.41) is 5.77. The number of carbonyl (C=O) groups is 2. The molecule has 0 spiro atoms. The summed E-state index contributed by atoms with van der Waals surface area (Å²) in [6.07, 6.45) is 2.79. The quantitative estimate of drug-likeness (QED) is 0.729. The molecule has 26 heavy (non-hydrogen) atoms. The first-order valence-corrected chi connectivity index (χ1v) is 9.39. The van der Waals surface area contributed by atoms with Crippen LogP contribution in [0.25, 0.3) is 0 Å². The number of amides is 3. The Morgan fingerprint density at radius 3 is 2.50 bits per heavy atom. The predicted molar refractivity (Wildman–Crippen MR) is 105 cm³/mol. The van der Waals surface area contributed by atoms with Crippen LogP contribution in [0.1, 0.15) is 45.6 Å². The molecular formula is C20H32N4O2. The van der Waals surface area contributed by atoms with Crippen LogP contribution in [0.4, 0.5) is 10.5 Å². The molecule has 1 aromatic rings. The third kappa shape index (κ3) is 6.58. The molecule has 1 aliphatic heterocycles. The number of carbonyl (C=O) groups excluding carboxylic acids is 2. The molecule has 6 heteroatoms. The summed E-state index contributed by atoms with van der Waals surface area (Å²) in [7, 11) is 0. The lowest BCUT2D eigenvalue weighted by atomic mass is 9.92. The van der Waals surface area contributed by atoms with Crippen LogP contribution in [0.5, 0.6) is 0 Å². The predicted octanol–water partition coefficient (Wildman–Crippen LogP) is 2.62. The first kappa shape index (κ1) is 20.1. The minimum Gasteiger partial charge on any atom is -0.371 e. The Labute approximate surface area is 156 Å². The largest absolute Gasteiger partial charge is 0.371 e. The van der Waals surface area contributed by atoms with Crippen LogP contribution in [0.3, 0.4) is 0 Å². The van der Waals surface area contributed by atoms with Gasteiger partial charge in [0.1, 0.15) is 0 Å². The van der Waals surface area contributed by atoms with Crippen molar-refractivity contribution in [2.45, 2.75) is 46.6 Å². The van der Waals surface area contributed by atoms with Crippen molar-refractivity contribution in [2.24, 2.45) is 17.1 Å². The normalized spacial score (nSPS) is 17.7. The Morgan fingerprint density at radius 1 is 1.19 bits per heavy atom. The van der Waals surface area contributed by atoms with Crippen molar-refractivity contribution in [3.8, 4) is 0 Å². The molecule has 1 fully saturated rings. The van der Waals surface area contributed by atoms with Crippen molar-refractivity contribution < 1.29 is 9.59 Å². The van der Waals surface area contributed by atoms with Crippen LogP contribution in [0.2, 0.25) is 0 Å². The van der Waals surface area contributed by atoms with Crippen LogP contribution in [-0.4, -0.2) is 31.6 Å². The average molecular weight is 361 g/mol. The van der Waals surface area contributed by atoms with E-state index in [0.717, 1.165) is 37.1 Å². The van der Waals surface area contributed by atoms with Crippen LogP contribution >= 0.6 is 0 Å². The molecule has 0 bridgehead atoms. The summed E-state index contributed by atoms with van der Waals surface area (Å²) in [5.74, 6) is -0.283. The molecule has 0 saturated carbocycles. The highest BCUT2D eigenvalue weighted by Crippen LogP contribution is 2.23. The SMILES string of the molecule is CC(C)(C)CCNC(=O)NCc1ccc(N2CCC[C@H](C(N)=O)C2)cc1. The second kappa shape index (κ2) is 8.92. The molecule has 0 unspecified atom stereocenters. The summed E-state index contributed by atoms with van der Waals surface area (Å²) < 4.78 is 0. The van der Waals surface area contributed by atoms with Crippen molar-refractivity contribution in [1.29, 1.82) is 0 Å². The maximum atomic E-state index is 11.8. The first-order valence-electron chi connectivity index (χ1n) is 9.39. The van der Waals surface area contributed by atoms with Gasteiger partial charge in [0.2, 0.25) is 5.91 Å². The number of urea groups is 1. The number of rotatable bonds is 6. The molecular weight excluding hydrogens is 328 g/mol. The molecule has 0 radical (unpaired) electrons. The Hall–Kier alpha value is -2.24. The zero-order valence-electron chi connectivity index (χ0n) is 16.2. The van der Waals surface area contributed by atoms with Gasteiger partial charge in [0, 0.05) is 31.9 Å². The van der Waals surface area contributed by atoms with Gasteiger partial charge in [-0.15, -0.1) is 0 Å². The van der Waals surface area contributed by atoms with E-state index in [0.29, 0.717) is 19.6 Å². The molecule has 4 N–H and O–H groups in total. The Kier molecular flexibility index (Phi) is 6.89. The number of piperidine rings is 1. The number of hydrogen-bond donors (Lipinski definition) is 3. The van der Waals surface area contributed by atoms with Gasteiger partial charge in [0.15, 0.2) is 0 Å². The number of hydrogen-bond acceptors (Lipinski definition) is 3. The van der Waals surface area contributed by atoms with E-state index in [1.165, 1.54) is 0 Å². The van der Waals surface area contributed by atoms with Gasteiger partial charge in [-0.05, 0) is 42.4 Å². The first-order chi connectivity index (χ1) is 12.2. The molecule has 1 heterocycles. The summed E-state index contributed by atoms with van der Waals surface area (Å²) in [6.45, 7) is 9.25. The third-order valence-electron chi connectivity index (χ3n) is 4.74. The van der Waals surface area contributed by atoms with E-state index in [9.17, 15) is 9.59 Å². The minimum atomic E-state index is -0.215. The minimum absolute atomic E-state index is 0.0677. The highest BCUT2D eigenvalue weighted by molar-refractivity contribution is 5.77. The second-order valence-corrected chi connectivity index (χ2v) is 8.27. The van der Waals surface area contributed by atoms with E-state index in [2.05, 4.69) is 36.3 Å². The van der Waals surface area contributed by atoms with Gasteiger partial charge in [-0.3, -0.25) is 4.79 Å². The van der Waals surface area contributed by atoms with Gasteiger partial charge in [-0.25, -0.2) is 4.79 Å². The lowest BCUT2D eigenvalue weighted by molar-refractivity contribution is -0.122. The number of primary amides is 1. The van der Waals surface area contributed by atoms with Gasteiger partial charge in [0.25, 0.3) is 0 Å². The summed E-state index contributed by atoms with van der Waals surface area (Å²) >= 11 is 0. The molecule has 2 rings (SSSR count). The smallest absolute Gasteiger partial charge is 0.315 e. The van der Waals surface area contributed by atoms with Crippen molar-refractivity contribution in [3.63, 3.8) is 0 Å². The highest BCUT2D eigenvalue weighted by atomic mass is 16.2. The average Bonchev–Trinajstić information content (AvgIpc) is 2.59. The third-order valence-corrected chi connectivity index (χ3v) is 4.74. The van der Waals surface area contributed by atoms with E-state index in [1.807, 2.05) is 24.3 Å². The van der Waals surface area contributed by atoms with Crippen molar-refractivity contribution in [2.75, 3.05) is 24.5 Å². The van der Waals surface area contributed by atoms with Crippen LogP contribution in [-0.2, 0) is 11.3 Å². The van der Waals surface area contributed by atoms with Crippen molar-refractivity contribution in [1.82, 2.24) is 10.6 Å². The molecule has 3 amide bonds. The number of nitrogens with one attached hydrogen (secondary N) is 2. The van der Waals surface area contributed by atoms with Crippen molar-refractivity contribution in [3.05, 3.63) is 29.8 Å². The molecule has 6 nitrogen and oxygen atoms in total. The van der Waals surface area contributed by atoms with Gasteiger partial charge < -0.3 is 21.3 Å². The molecule has 1 aliphatic rings. The van der Waals surface area contributed by atoms with E-state index in [4.69, 9.17) is 5.73 Å². The molecule has 144 valence electrons. The molecule has 0 aromatic heterocycles. The number of anilines is 1. The lowest BCUT2D eigenvalue weighted by Crippen LogP contribution is -2.41. The summed E-state index contributed by atoms with van der Waals surface area (Å²) in [4.78, 5) is 25.5. The Balaban J connectivity index is 1.78. The molecule has 1 atom stereocenters. The fraction of sp³-hybridized carbons (Fsp3) is 0.600. The monoisotopic (exact) mass is 360 g/mol. The molecule has 1 saturated heterocycles. The highest BCUT2D eigenvalue weighted by Gasteiger charge is 2.24. The van der Waals surface area contributed by atoms with Gasteiger partial charge in [-0.1, -0.05) is 32.9 Å². The zero-order valence-corrected chi connectivity index (χ0v) is 16.2. The van der Waals surface area contributed by atoms with E-state index in [-0.39, 0.29) is 23.3 Å². The lowest BCUT2D eigenvalue weighted by Gasteiger charge is -2.33. The Morgan fingerprint density at radius 2 is 1.88 bits per heavy atom. The summed E-state index contributed by atoms with van der Waals surface area (Å²) in [6, 6.07) is 7.96. The van der Waals surface area contributed by atoms with Gasteiger partial charge in [0.05, 0.1) is 5.92 Å². The fourth-order valence-electron chi connectivity index (χ4n) is 3.06. The van der Waals surface area contributed by atoms with Crippen molar-refractivity contribution >= 4 is 17.6 Å². The second-order valence-electron chi connectivity index (χ2n) is 8.27. The fourth-order valence-corrected chi connectivity index (χ4v) is 3.06. The van der Waals surface area contributed by atoms with E-state index in [1.54, 1.807) is 0 Å². The summed E-state index contributed by atoms with van der Waals surface area (Å²) in [5.41, 5.74) is 7.80. The maximum absolute atomic E-state index is 11.8. The standard InChI is InChI=1S/C20H32N4O2/c1-20(2,3)10-11-22-19(26)23-13-15-6-8-17(9-7-15)24-12-4-5-16(14-24)18(21)25/h6-9,16H,4-5,10-14H2,1-3H3,(H2,21,25)(H2,22,23,26)/t16-/m0/s1. The van der Waals surface area contributed by atoms with Crippen LogP contribution in [0, 0.1) is 11.3 Å². The molecule has 1 aromatic carbocycles. The van der Waals surface area contributed by atoms with E-state index < -0.39 is 0 Å². The zero-order chi connectivity index (χ0) is 19.2.